The molecule has 2 rings (SSSR count). The van der Waals surface area contributed by atoms with Crippen LogP contribution in [-0.2, 0) is 0 Å². The van der Waals surface area contributed by atoms with Gasteiger partial charge in [0.05, 0.1) is 0 Å². The van der Waals surface area contributed by atoms with Gasteiger partial charge in [0, 0.05) is 23.6 Å². The SMILES string of the molecule is CNCC=Cc1cccc2[nH]ccc12. The highest BCUT2D eigenvalue weighted by Gasteiger charge is 1.96. The summed E-state index contributed by atoms with van der Waals surface area (Å²) in [7, 11) is 1.95. The maximum absolute atomic E-state index is 3.20. The summed E-state index contributed by atoms with van der Waals surface area (Å²) in [6.45, 7) is 0.904. The number of H-pyrrole nitrogens is 1. The summed E-state index contributed by atoms with van der Waals surface area (Å²) < 4.78 is 0. The molecular formula is C12H14N2. The summed E-state index contributed by atoms with van der Waals surface area (Å²) in [5.74, 6) is 0. The molecule has 0 atom stereocenters. The number of aromatic amines is 1. The van der Waals surface area contributed by atoms with Gasteiger partial charge in [-0.1, -0.05) is 24.3 Å². The molecule has 2 N–H and O–H groups in total. The molecule has 1 aromatic heterocycles. The van der Waals surface area contributed by atoms with Gasteiger partial charge < -0.3 is 10.3 Å². The molecule has 0 saturated heterocycles. The predicted octanol–water partition coefficient (Wildman–Crippen LogP) is 2.40. The molecule has 0 aliphatic heterocycles. The van der Waals surface area contributed by atoms with Crippen molar-refractivity contribution in [2.45, 2.75) is 0 Å². The molecule has 14 heavy (non-hydrogen) atoms. The van der Waals surface area contributed by atoms with Gasteiger partial charge in [-0.05, 0) is 24.7 Å². The fourth-order valence-electron chi connectivity index (χ4n) is 1.56. The van der Waals surface area contributed by atoms with Gasteiger partial charge >= 0.3 is 0 Å². The second-order valence-electron chi connectivity index (χ2n) is 3.25. The van der Waals surface area contributed by atoms with Gasteiger partial charge in [0.15, 0.2) is 0 Å². The highest BCUT2D eigenvalue weighted by atomic mass is 14.8. The van der Waals surface area contributed by atoms with E-state index >= 15 is 0 Å². The summed E-state index contributed by atoms with van der Waals surface area (Å²) in [6.07, 6.45) is 6.24. The Kier molecular flexibility index (Phi) is 2.65. The van der Waals surface area contributed by atoms with Gasteiger partial charge in [0.25, 0.3) is 0 Å². The Hall–Kier alpha value is -1.54. The first-order valence-electron chi connectivity index (χ1n) is 4.79. The van der Waals surface area contributed by atoms with Gasteiger partial charge in [-0.25, -0.2) is 0 Å². The van der Waals surface area contributed by atoms with Gasteiger partial charge in [-0.15, -0.1) is 0 Å². The van der Waals surface area contributed by atoms with Crippen LogP contribution in [0.4, 0.5) is 0 Å². The third-order valence-electron chi connectivity index (χ3n) is 2.25. The summed E-state index contributed by atoms with van der Waals surface area (Å²) in [5.41, 5.74) is 2.45. The molecule has 2 heteroatoms. The van der Waals surface area contributed by atoms with Gasteiger partial charge in [-0.3, -0.25) is 0 Å². The maximum atomic E-state index is 3.20. The van der Waals surface area contributed by atoms with Gasteiger partial charge in [-0.2, -0.15) is 0 Å². The molecule has 0 saturated carbocycles. The van der Waals surface area contributed by atoms with Crippen molar-refractivity contribution in [3.63, 3.8) is 0 Å². The smallest absolute Gasteiger partial charge is 0.0459 e. The molecule has 0 aliphatic rings. The van der Waals surface area contributed by atoms with Crippen LogP contribution in [-0.4, -0.2) is 18.6 Å². The molecule has 0 radical (unpaired) electrons. The molecule has 0 unspecified atom stereocenters. The Labute approximate surface area is 83.6 Å². The van der Waals surface area contributed by atoms with Gasteiger partial charge in [0.2, 0.25) is 0 Å². The zero-order chi connectivity index (χ0) is 9.80. The van der Waals surface area contributed by atoms with Gasteiger partial charge in [0.1, 0.15) is 0 Å². The molecule has 0 fully saturated rings. The largest absolute Gasteiger partial charge is 0.361 e. The maximum Gasteiger partial charge on any atom is 0.0459 e. The zero-order valence-corrected chi connectivity index (χ0v) is 8.25. The Morgan fingerprint density at radius 3 is 3.14 bits per heavy atom. The normalized spacial score (nSPS) is 11.5. The number of aromatic nitrogens is 1. The van der Waals surface area contributed by atoms with E-state index in [0.29, 0.717) is 0 Å². The molecule has 0 aliphatic carbocycles. The first kappa shape index (κ1) is 9.03. The second-order valence-corrected chi connectivity index (χ2v) is 3.25. The lowest BCUT2D eigenvalue weighted by Gasteiger charge is -1.96. The molecule has 1 aromatic carbocycles. The van der Waals surface area contributed by atoms with Crippen LogP contribution >= 0.6 is 0 Å². The van der Waals surface area contributed by atoms with E-state index in [4.69, 9.17) is 0 Å². The topological polar surface area (TPSA) is 27.8 Å². The number of nitrogens with one attached hydrogen (secondary N) is 2. The minimum atomic E-state index is 0.904. The lowest BCUT2D eigenvalue weighted by Crippen LogP contribution is -2.03. The minimum Gasteiger partial charge on any atom is -0.361 e. The Morgan fingerprint density at radius 2 is 2.29 bits per heavy atom. The number of hydrogen-bond acceptors (Lipinski definition) is 1. The first-order valence-corrected chi connectivity index (χ1v) is 4.79. The summed E-state index contributed by atoms with van der Waals surface area (Å²) in [4.78, 5) is 3.20. The Morgan fingerprint density at radius 1 is 1.36 bits per heavy atom. The fraction of sp³-hybridized carbons (Fsp3) is 0.167. The van der Waals surface area contributed by atoms with E-state index in [1.165, 1.54) is 16.5 Å². The van der Waals surface area contributed by atoms with E-state index in [2.05, 4.69) is 46.7 Å². The van der Waals surface area contributed by atoms with Crippen molar-refractivity contribution >= 4 is 17.0 Å². The van der Waals surface area contributed by atoms with Crippen molar-refractivity contribution in [2.75, 3.05) is 13.6 Å². The second kappa shape index (κ2) is 4.11. The lowest BCUT2D eigenvalue weighted by atomic mass is 10.1. The molecule has 0 spiro atoms. The average Bonchev–Trinajstić information content (AvgIpc) is 2.67. The van der Waals surface area contributed by atoms with Crippen LogP contribution in [0.5, 0.6) is 0 Å². The summed E-state index contributed by atoms with van der Waals surface area (Å²) in [5, 5.41) is 4.36. The van der Waals surface area contributed by atoms with Crippen LogP contribution in [0.25, 0.3) is 17.0 Å². The van der Waals surface area contributed by atoms with Crippen LogP contribution < -0.4 is 5.32 Å². The van der Waals surface area contributed by atoms with Crippen LogP contribution in [0.15, 0.2) is 36.5 Å². The van der Waals surface area contributed by atoms with Crippen molar-refractivity contribution in [1.82, 2.24) is 10.3 Å². The van der Waals surface area contributed by atoms with E-state index in [-0.39, 0.29) is 0 Å². The van der Waals surface area contributed by atoms with E-state index in [1.807, 2.05) is 13.2 Å². The number of fused-ring (bicyclic) bond motifs is 1. The van der Waals surface area contributed by atoms with Crippen LogP contribution in [0.1, 0.15) is 5.56 Å². The van der Waals surface area contributed by atoms with E-state index in [1.54, 1.807) is 0 Å². The Balaban J connectivity index is 2.36. The molecule has 0 bridgehead atoms. The highest BCUT2D eigenvalue weighted by Crippen LogP contribution is 2.18. The molecule has 0 amide bonds. The van der Waals surface area contributed by atoms with E-state index in [9.17, 15) is 0 Å². The lowest BCUT2D eigenvalue weighted by molar-refractivity contribution is 0.922. The third-order valence-corrected chi connectivity index (χ3v) is 2.25. The number of rotatable bonds is 3. The van der Waals surface area contributed by atoms with Crippen LogP contribution in [0.3, 0.4) is 0 Å². The van der Waals surface area contributed by atoms with Crippen molar-refractivity contribution in [2.24, 2.45) is 0 Å². The molecule has 2 nitrogen and oxygen atoms in total. The number of hydrogen-bond donors (Lipinski definition) is 2. The van der Waals surface area contributed by atoms with Crippen molar-refractivity contribution in [3.05, 3.63) is 42.1 Å². The minimum absolute atomic E-state index is 0.904. The molecule has 72 valence electrons. The van der Waals surface area contributed by atoms with Crippen LogP contribution in [0.2, 0.25) is 0 Å². The fourth-order valence-corrected chi connectivity index (χ4v) is 1.56. The molecule has 2 aromatic rings. The number of likely N-dealkylation sites (N-methyl/N-ethyl adjacent to an activating group) is 1. The zero-order valence-electron chi connectivity index (χ0n) is 8.25. The quantitative estimate of drug-likeness (QED) is 0.757. The summed E-state index contributed by atoms with van der Waals surface area (Å²) >= 11 is 0. The first-order chi connectivity index (χ1) is 6.92. The number of benzene rings is 1. The summed E-state index contributed by atoms with van der Waals surface area (Å²) in [6, 6.07) is 8.39. The monoisotopic (exact) mass is 186 g/mol. The standard InChI is InChI=1S/C12H14N2/c1-13-8-3-5-10-4-2-6-12-11(10)7-9-14-12/h2-7,9,13-14H,8H2,1H3. The molecule has 1 heterocycles. The van der Waals surface area contributed by atoms with E-state index in [0.717, 1.165) is 6.54 Å². The Bertz CT molecular complexity index is 440. The average molecular weight is 186 g/mol. The third kappa shape index (κ3) is 1.70. The van der Waals surface area contributed by atoms with Crippen molar-refractivity contribution < 1.29 is 0 Å². The predicted molar refractivity (Wildman–Crippen MR) is 61.3 cm³/mol. The highest BCUT2D eigenvalue weighted by molar-refractivity contribution is 5.88. The van der Waals surface area contributed by atoms with Crippen LogP contribution in [0, 0.1) is 0 Å². The van der Waals surface area contributed by atoms with E-state index < -0.39 is 0 Å². The van der Waals surface area contributed by atoms with Crippen molar-refractivity contribution in [1.29, 1.82) is 0 Å². The van der Waals surface area contributed by atoms with Crippen molar-refractivity contribution in [3.8, 4) is 0 Å². The molecular weight excluding hydrogens is 172 g/mol.